The number of fused-ring (bicyclic) bond motifs is 2. The van der Waals surface area contributed by atoms with E-state index in [0.29, 0.717) is 16.8 Å². The lowest BCUT2D eigenvalue weighted by Crippen LogP contribution is -2.48. The van der Waals surface area contributed by atoms with Gasteiger partial charge in [-0.3, -0.25) is 9.59 Å². The van der Waals surface area contributed by atoms with E-state index in [9.17, 15) is 14.4 Å². The van der Waals surface area contributed by atoms with Gasteiger partial charge in [-0.2, -0.15) is 0 Å². The Morgan fingerprint density at radius 3 is 2.43 bits per heavy atom. The van der Waals surface area contributed by atoms with Crippen LogP contribution in [0.3, 0.4) is 0 Å². The molecular weight excluding hydrogens is 384 g/mol. The second-order valence-corrected chi connectivity index (χ2v) is 6.94. The number of benzene rings is 2. The zero-order chi connectivity index (χ0) is 21.5. The van der Waals surface area contributed by atoms with Gasteiger partial charge in [-0.15, -0.1) is 0 Å². The fraction of sp³-hybridized carbons (Fsp3) is 0.174. The number of amides is 1. The maximum absolute atomic E-state index is 13.6. The first-order valence-electron chi connectivity index (χ1n) is 9.50. The molecule has 1 amide bonds. The van der Waals surface area contributed by atoms with Crippen molar-refractivity contribution in [3.8, 4) is 0 Å². The van der Waals surface area contributed by atoms with Gasteiger partial charge in [0.2, 0.25) is 11.8 Å². The number of nitrogens with two attached hydrogens (primary N) is 1. The maximum Gasteiger partial charge on any atom is 0.341 e. The highest BCUT2D eigenvalue weighted by Crippen LogP contribution is 2.52. The number of esters is 1. The van der Waals surface area contributed by atoms with Crippen molar-refractivity contribution >= 4 is 23.3 Å². The second kappa shape index (κ2) is 7.18. The Balaban J connectivity index is 2.05. The van der Waals surface area contributed by atoms with Crippen LogP contribution in [0, 0.1) is 0 Å². The number of hydrogen-bond donors (Lipinski definition) is 2. The lowest BCUT2D eigenvalue weighted by Gasteiger charge is -2.36. The molecule has 0 radical (unpaired) electrons. The van der Waals surface area contributed by atoms with E-state index in [-0.39, 0.29) is 29.4 Å². The standard InChI is InChI=1S/C23H20N2O5/c1-3-29-21(27)18-20(24)30-13(2)17(19(26)14-9-5-4-6-10-14)23(18)15-11-7-8-12-16(15)25-22(23)28/h4-12H,3,24H2,1-2H3,(H,25,28)/t23-/m0/s1. The van der Waals surface area contributed by atoms with Gasteiger partial charge in [-0.1, -0.05) is 48.5 Å². The molecule has 0 aliphatic carbocycles. The minimum atomic E-state index is -1.78. The molecular formula is C23H20N2O5. The largest absolute Gasteiger partial charge is 0.462 e. The smallest absolute Gasteiger partial charge is 0.341 e. The molecule has 2 heterocycles. The number of allylic oxidation sites excluding steroid dienone is 1. The number of ether oxygens (including phenoxy) is 2. The molecule has 0 saturated carbocycles. The first-order chi connectivity index (χ1) is 14.4. The molecule has 2 aliphatic heterocycles. The number of carbonyl (C=O) groups is 3. The summed E-state index contributed by atoms with van der Waals surface area (Å²) in [5.41, 5.74) is 5.46. The van der Waals surface area contributed by atoms with Crippen molar-refractivity contribution in [3.63, 3.8) is 0 Å². The predicted molar refractivity (Wildman–Crippen MR) is 109 cm³/mol. The third-order valence-corrected chi connectivity index (χ3v) is 5.27. The number of carbonyl (C=O) groups excluding carboxylic acids is 3. The third kappa shape index (κ3) is 2.62. The van der Waals surface area contributed by atoms with Crippen molar-refractivity contribution < 1.29 is 23.9 Å². The minimum Gasteiger partial charge on any atom is -0.462 e. The summed E-state index contributed by atoms with van der Waals surface area (Å²) in [5.74, 6) is -1.91. The third-order valence-electron chi connectivity index (χ3n) is 5.27. The molecule has 4 rings (SSSR count). The Labute approximate surface area is 173 Å². The Bertz CT molecular complexity index is 1130. The van der Waals surface area contributed by atoms with Crippen molar-refractivity contribution in [2.24, 2.45) is 5.73 Å². The normalized spacial score (nSPS) is 20.0. The summed E-state index contributed by atoms with van der Waals surface area (Å²) in [7, 11) is 0. The molecule has 1 atom stereocenters. The molecule has 7 nitrogen and oxygen atoms in total. The van der Waals surface area contributed by atoms with Crippen molar-refractivity contribution in [1.29, 1.82) is 0 Å². The van der Waals surface area contributed by atoms with Gasteiger partial charge >= 0.3 is 5.97 Å². The van der Waals surface area contributed by atoms with Crippen LogP contribution in [0.25, 0.3) is 0 Å². The molecule has 0 fully saturated rings. The molecule has 2 aromatic rings. The van der Waals surface area contributed by atoms with Crippen LogP contribution < -0.4 is 11.1 Å². The molecule has 2 aromatic carbocycles. The number of para-hydroxylation sites is 1. The van der Waals surface area contributed by atoms with Crippen LogP contribution in [0.4, 0.5) is 5.69 Å². The van der Waals surface area contributed by atoms with Gasteiger partial charge in [-0.05, 0) is 19.9 Å². The molecule has 152 valence electrons. The van der Waals surface area contributed by atoms with Gasteiger partial charge in [0.25, 0.3) is 0 Å². The van der Waals surface area contributed by atoms with Gasteiger partial charge in [0.05, 0.1) is 12.2 Å². The molecule has 0 saturated heterocycles. The second-order valence-electron chi connectivity index (χ2n) is 6.94. The van der Waals surface area contributed by atoms with E-state index < -0.39 is 23.1 Å². The molecule has 0 unspecified atom stereocenters. The monoisotopic (exact) mass is 404 g/mol. The van der Waals surface area contributed by atoms with E-state index in [2.05, 4.69) is 5.32 Å². The zero-order valence-corrected chi connectivity index (χ0v) is 16.5. The summed E-state index contributed by atoms with van der Waals surface area (Å²) in [4.78, 5) is 40.1. The van der Waals surface area contributed by atoms with Crippen LogP contribution in [0.5, 0.6) is 0 Å². The van der Waals surface area contributed by atoms with E-state index >= 15 is 0 Å². The minimum absolute atomic E-state index is 0.0356. The van der Waals surface area contributed by atoms with Crippen LogP contribution in [-0.4, -0.2) is 24.3 Å². The van der Waals surface area contributed by atoms with Crippen molar-refractivity contribution in [2.45, 2.75) is 19.3 Å². The van der Waals surface area contributed by atoms with Crippen LogP contribution in [-0.2, 0) is 24.5 Å². The summed E-state index contributed by atoms with van der Waals surface area (Å²) in [6.07, 6.45) is 0. The number of hydrogen-bond acceptors (Lipinski definition) is 6. The quantitative estimate of drug-likeness (QED) is 0.599. The van der Waals surface area contributed by atoms with E-state index in [4.69, 9.17) is 15.2 Å². The number of ketones is 1. The average Bonchev–Trinajstić information content (AvgIpc) is 3.00. The fourth-order valence-corrected chi connectivity index (χ4v) is 4.12. The number of anilines is 1. The molecule has 3 N–H and O–H groups in total. The van der Waals surface area contributed by atoms with Crippen LogP contribution >= 0.6 is 0 Å². The summed E-state index contributed by atoms with van der Waals surface area (Å²) in [6, 6.07) is 15.4. The Morgan fingerprint density at radius 1 is 1.07 bits per heavy atom. The first kappa shape index (κ1) is 19.4. The van der Waals surface area contributed by atoms with Crippen molar-refractivity contribution in [1.82, 2.24) is 0 Å². The summed E-state index contributed by atoms with van der Waals surface area (Å²) < 4.78 is 10.8. The van der Waals surface area contributed by atoms with Crippen LogP contribution in [0.1, 0.15) is 29.8 Å². The van der Waals surface area contributed by atoms with Gasteiger partial charge < -0.3 is 20.5 Å². The molecule has 0 aromatic heterocycles. The highest BCUT2D eigenvalue weighted by atomic mass is 16.5. The highest BCUT2D eigenvalue weighted by molar-refractivity contribution is 6.25. The molecule has 1 spiro atoms. The molecule has 7 heteroatoms. The zero-order valence-electron chi connectivity index (χ0n) is 16.5. The molecule has 30 heavy (non-hydrogen) atoms. The van der Waals surface area contributed by atoms with E-state index in [0.717, 1.165) is 0 Å². The summed E-state index contributed by atoms with van der Waals surface area (Å²) in [6.45, 7) is 3.27. The topological polar surface area (TPSA) is 108 Å². The highest BCUT2D eigenvalue weighted by Gasteiger charge is 2.61. The number of rotatable bonds is 4. The Kier molecular flexibility index (Phi) is 4.66. The lowest BCUT2D eigenvalue weighted by molar-refractivity contribution is -0.140. The number of nitrogens with one attached hydrogen (secondary N) is 1. The van der Waals surface area contributed by atoms with Gasteiger partial charge in [0, 0.05) is 16.8 Å². The fourth-order valence-electron chi connectivity index (χ4n) is 4.12. The van der Waals surface area contributed by atoms with Crippen LogP contribution in [0.15, 0.2) is 77.4 Å². The van der Waals surface area contributed by atoms with Crippen LogP contribution in [0.2, 0.25) is 0 Å². The van der Waals surface area contributed by atoms with Crippen molar-refractivity contribution in [3.05, 3.63) is 88.5 Å². The predicted octanol–water partition coefficient (Wildman–Crippen LogP) is 2.80. The lowest BCUT2D eigenvalue weighted by atomic mass is 9.66. The molecule has 0 bridgehead atoms. The van der Waals surface area contributed by atoms with Gasteiger partial charge in [0.1, 0.15) is 16.7 Å². The Morgan fingerprint density at radius 2 is 1.73 bits per heavy atom. The summed E-state index contributed by atoms with van der Waals surface area (Å²) >= 11 is 0. The SMILES string of the molecule is CCOC(=O)C1=C(N)OC(C)=C(C(=O)c2ccccc2)[C@]12C(=O)Nc1ccccc12. The van der Waals surface area contributed by atoms with E-state index in [1.165, 1.54) is 0 Å². The average molecular weight is 404 g/mol. The Hall–Kier alpha value is -3.87. The van der Waals surface area contributed by atoms with Crippen molar-refractivity contribution in [2.75, 3.05) is 11.9 Å². The summed E-state index contributed by atoms with van der Waals surface area (Å²) in [5, 5.41) is 2.78. The first-order valence-corrected chi connectivity index (χ1v) is 9.50. The van der Waals surface area contributed by atoms with E-state index in [1.807, 2.05) is 0 Å². The number of Topliss-reactive ketones (excluding diaryl/α,β-unsaturated/α-hetero) is 1. The van der Waals surface area contributed by atoms with E-state index in [1.54, 1.807) is 68.4 Å². The maximum atomic E-state index is 13.6. The molecule has 2 aliphatic rings. The van der Waals surface area contributed by atoms with Gasteiger partial charge in [0.15, 0.2) is 5.78 Å². The van der Waals surface area contributed by atoms with Gasteiger partial charge in [-0.25, -0.2) is 4.79 Å².